The maximum atomic E-state index is 14.2. The Hall–Kier alpha value is -5.39. The monoisotopic (exact) mass is 621 g/mol. The molecule has 0 saturated carbocycles. The third-order valence-electron chi connectivity index (χ3n) is 6.24. The number of aromatic amines is 1. The van der Waals surface area contributed by atoms with Gasteiger partial charge in [0.2, 0.25) is 11.6 Å². The molecule has 5 rings (SSSR count). The van der Waals surface area contributed by atoms with Crippen LogP contribution in [0.4, 0.5) is 35.1 Å². The fourth-order valence-corrected chi connectivity index (χ4v) is 4.40. The van der Waals surface area contributed by atoms with Gasteiger partial charge in [-0.2, -0.15) is 10.4 Å². The SMILES string of the molecule is Cc1[nH]n(C)c(=O)c1-c1c(F)cc(F)cc1F.Cc1nn(C)c(Oc2c(F)cc(C#N)cc2F)c1-c1c(F)cc(F)cc1F. The highest BCUT2D eigenvalue weighted by molar-refractivity contribution is 5.73. The molecule has 1 N–H and O–H groups in total. The van der Waals surface area contributed by atoms with E-state index in [1.165, 1.54) is 27.9 Å². The van der Waals surface area contributed by atoms with Crippen molar-refractivity contribution in [3.63, 3.8) is 0 Å². The van der Waals surface area contributed by atoms with Gasteiger partial charge in [0.25, 0.3) is 5.56 Å². The van der Waals surface area contributed by atoms with Crippen molar-refractivity contribution in [1.82, 2.24) is 19.6 Å². The van der Waals surface area contributed by atoms with Crippen molar-refractivity contribution in [3.8, 4) is 40.0 Å². The zero-order valence-corrected chi connectivity index (χ0v) is 23.1. The van der Waals surface area contributed by atoms with Gasteiger partial charge in [-0.3, -0.25) is 14.6 Å². The van der Waals surface area contributed by atoms with Crippen LogP contribution in [0.3, 0.4) is 0 Å². The van der Waals surface area contributed by atoms with Crippen LogP contribution in [-0.2, 0) is 14.1 Å². The van der Waals surface area contributed by atoms with Crippen LogP contribution in [0.15, 0.2) is 41.2 Å². The van der Waals surface area contributed by atoms with Crippen molar-refractivity contribution in [2.24, 2.45) is 14.1 Å². The van der Waals surface area contributed by atoms with E-state index in [-0.39, 0.29) is 28.3 Å². The maximum Gasteiger partial charge on any atom is 0.274 e. The standard InChI is InChI=1S/C18H10F5N3O.C11H9F3N2O/c1-8-15(16-11(20)5-10(19)6-12(16)21)18(26(2)25-8)27-17-13(22)3-9(7-24)4-14(17)23;1-5-9(11(17)16(2)15-5)10-7(13)3-6(12)4-8(10)14/h3-6H,1-2H3;3-4,15H,1-2H3. The quantitative estimate of drug-likeness (QED) is 0.222. The number of nitriles is 1. The summed E-state index contributed by atoms with van der Waals surface area (Å²) in [5.41, 5.74) is -1.93. The van der Waals surface area contributed by atoms with Gasteiger partial charge in [0.05, 0.1) is 39.6 Å². The fourth-order valence-electron chi connectivity index (χ4n) is 4.40. The number of rotatable bonds is 4. The van der Waals surface area contributed by atoms with Gasteiger partial charge in [-0.1, -0.05) is 0 Å². The number of benzene rings is 3. The molecule has 0 fully saturated rings. The lowest BCUT2D eigenvalue weighted by atomic mass is 10.0. The molecule has 0 aliphatic carbocycles. The largest absolute Gasteiger partial charge is 0.432 e. The van der Waals surface area contributed by atoms with Crippen molar-refractivity contribution >= 4 is 0 Å². The van der Waals surface area contributed by atoms with E-state index in [1.54, 1.807) is 6.07 Å². The molecule has 0 radical (unpaired) electrons. The van der Waals surface area contributed by atoms with Crippen LogP contribution < -0.4 is 10.3 Å². The number of ether oxygens (including phenoxy) is 1. The third kappa shape index (κ3) is 5.91. The zero-order chi connectivity index (χ0) is 32.6. The normalized spacial score (nSPS) is 10.8. The lowest BCUT2D eigenvalue weighted by Crippen LogP contribution is -2.14. The van der Waals surface area contributed by atoms with E-state index in [1.807, 2.05) is 0 Å². The lowest BCUT2D eigenvalue weighted by molar-refractivity contribution is 0.378. The first-order valence-corrected chi connectivity index (χ1v) is 12.3. The van der Waals surface area contributed by atoms with E-state index in [9.17, 15) is 39.9 Å². The zero-order valence-electron chi connectivity index (χ0n) is 23.1. The molecular formula is C29H19F8N5O2. The summed E-state index contributed by atoms with van der Waals surface area (Å²) in [6, 6.07) is 5.12. The highest BCUT2D eigenvalue weighted by Crippen LogP contribution is 2.40. The lowest BCUT2D eigenvalue weighted by Gasteiger charge is -2.12. The molecule has 44 heavy (non-hydrogen) atoms. The van der Waals surface area contributed by atoms with Gasteiger partial charge in [-0.05, 0) is 26.0 Å². The highest BCUT2D eigenvalue weighted by atomic mass is 19.2. The number of aryl methyl sites for hydroxylation is 4. The van der Waals surface area contributed by atoms with Crippen molar-refractivity contribution in [1.29, 1.82) is 5.26 Å². The van der Waals surface area contributed by atoms with Crippen molar-refractivity contribution in [2.45, 2.75) is 13.8 Å². The topological polar surface area (TPSA) is 88.6 Å². The van der Waals surface area contributed by atoms with E-state index in [0.29, 0.717) is 30.0 Å². The molecule has 0 saturated heterocycles. The molecule has 0 spiro atoms. The minimum absolute atomic E-state index is 0.0892. The van der Waals surface area contributed by atoms with Crippen molar-refractivity contribution in [2.75, 3.05) is 0 Å². The third-order valence-corrected chi connectivity index (χ3v) is 6.24. The van der Waals surface area contributed by atoms with E-state index in [4.69, 9.17) is 10.00 Å². The molecule has 228 valence electrons. The first kappa shape index (κ1) is 31.5. The molecule has 0 aliphatic rings. The van der Waals surface area contributed by atoms with Gasteiger partial charge in [0, 0.05) is 44.1 Å². The highest BCUT2D eigenvalue weighted by Gasteiger charge is 2.26. The van der Waals surface area contributed by atoms with Crippen LogP contribution >= 0.6 is 0 Å². The summed E-state index contributed by atoms with van der Waals surface area (Å²) in [5, 5.41) is 15.3. The summed E-state index contributed by atoms with van der Waals surface area (Å²) in [5.74, 6) is -10.4. The van der Waals surface area contributed by atoms with Crippen LogP contribution in [0.25, 0.3) is 22.3 Å². The Morgan fingerprint density at radius 1 is 0.727 bits per heavy atom. The molecule has 0 aliphatic heterocycles. The summed E-state index contributed by atoms with van der Waals surface area (Å²) in [6.45, 7) is 2.91. The number of halogens is 8. The van der Waals surface area contributed by atoms with Crippen molar-refractivity contribution < 1.29 is 39.9 Å². The predicted octanol–water partition coefficient (Wildman–Crippen LogP) is 6.86. The molecule has 0 unspecified atom stereocenters. The molecule has 15 heteroatoms. The van der Waals surface area contributed by atoms with Gasteiger partial charge >= 0.3 is 0 Å². The predicted molar refractivity (Wildman–Crippen MR) is 140 cm³/mol. The summed E-state index contributed by atoms with van der Waals surface area (Å²) < 4.78 is 117. The Morgan fingerprint density at radius 3 is 1.59 bits per heavy atom. The molecule has 2 aromatic heterocycles. The number of H-pyrrole nitrogens is 1. The Bertz CT molecular complexity index is 1950. The van der Waals surface area contributed by atoms with E-state index < -0.39 is 69.0 Å². The Kier molecular flexibility index (Phi) is 8.66. The number of hydrogen-bond acceptors (Lipinski definition) is 4. The van der Waals surface area contributed by atoms with Crippen LogP contribution in [0, 0.1) is 71.7 Å². The number of nitrogens with zero attached hydrogens (tertiary/aromatic N) is 4. The summed E-state index contributed by atoms with van der Waals surface area (Å²) in [4.78, 5) is 11.7. The average Bonchev–Trinajstić information content (AvgIpc) is 3.33. The van der Waals surface area contributed by atoms with Crippen molar-refractivity contribution in [3.05, 3.63) is 110 Å². The molecule has 5 aromatic rings. The fraction of sp³-hybridized carbons (Fsp3) is 0.138. The smallest absolute Gasteiger partial charge is 0.274 e. The number of aromatic nitrogens is 4. The number of nitrogens with one attached hydrogen (secondary N) is 1. The van der Waals surface area contributed by atoms with Gasteiger partial charge < -0.3 is 4.74 Å². The Morgan fingerprint density at radius 2 is 1.18 bits per heavy atom. The first-order chi connectivity index (χ1) is 20.6. The van der Waals surface area contributed by atoms with Crippen LogP contribution in [0.2, 0.25) is 0 Å². The number of hydrogen-bond donors (Lipinski definition) is 1. The van der Waals surface area contributed by atoms with Gasteiger partial charge in [0.1, 0.15) is 34.9 Å². The second-order valence-electron chi connectivity index (χ2n) is 9.34. The average molecular weight is 621 g/mol. The molecule has 2 heterocycles. The summed E-state index contributed by atoms with van der Waals surface area (Å²) >= 11 is 0. The van der Waals surface area contributed by atoms with Crippen LogP contribution in [0.5, 0.6) is 11.6 Å². The first-order valence-electron chi connectivity index (χ1n) is 12.3. The van der Waals surface area contributed by atoms with Gasteiger partial charge in [-0.15, -0.1) is 0 Å². The minimum atomic E-state index is -1.23. The molecule has 7 nitrogen and oxygen atoms in total. The van der Waals surface area contributed by atoms with Gasteiger partial charge in [-0.25, -0.2) is 39.8 Å². The maximum absolute atomic E-state index is 14.2. The van der Waals surface area contributed by atoms with Crippen LogP contribution in [-0.4, -0.2) is 19.6 Å². The Balaban J connectivity index is 0.000000223. The summed E-state index contributed by atoms with van der Waals surface area (Å²) in [7, 11) is 2.77. The van der Waals surface area contributed by atoms with E-state index in [0.717, 1.165) is 21.5 Å². The molecular weight excluding hydrogens is 602 g/mol. The minimum Gasteiger partial charge on any atom is -0.432 e. The summed E-state index contributed by atoms with van der Waals surface area (Å²) in [6.07, 6.45) is 0. The Labute approximate surface area is 243 Å². The van der Waals surface area contributed by atoms with E-state index >= 15 is 0 Å². The van der Waals surface area contributed by atoms with E-state index in [2.05, 4.69) is 10.2 Å². The second-order valence-corrected chi connectivity index (χ2v) is 9.34. The molecule has 0 atom stereocenters. The molecule has 0 amide bonds. The van der Waals surface area contributed by atoms with Gasteiger partial charge in [0.15, 0.2) is 11.6 Å². The second kappa shape index (κ2) is 12.1. The molecule has 0 bridgehead atoms. The molecule has 3 aromatic carbocycles. The van der Waals surface area contributed by atoms with Crippen LogP contribution in [0.1, 0.15) is 17.0 Å².